The van der Waals surface area contributed by atoms with E-state index in [1.165, 1.54) is 0 Å². The van der Waals surface area contributed by atoms with Crippen LogP contribution < -0.4 is 15.2 Å². The molecule has 0 amide bonds. The van der Waals surface area contributed by atoms with Crippen LogP contribution >= 0.6 is 0 Å². The van der Waals surface area contributed by atoms with E-state index in [0.29, 0.717) is 24.8 Å². The molecule has 1 aromatic heterocycles. The number of aromatic nitrogens is 1. The Labute approximate surface area is 106 Å². The number of nitrogen functional groups attached to an aromatic ring is 1. The number of hydrogen-bond donors (Lipinski definition) is 1. The summed E-state index contributed by atoms with van der Waals surface area (Å²) in [7, 11) is 0. The maximum atomic E-state index is 5.85. The molecular formula is C14H16N2O2. The largest absolute Gasteiger partial charge is 0.490 e. The van der Waals surface area contributed by atoms with Gasteiger partial charge in [-0.25, -0.2) is 4.98 Å². The summed E-state index contributed by atoms with van der Waals surface area (Å²) < 4.78 is 11.0. The smallest absolute Gasteiger partial charge is 0.237 e. The van der Waals surface area contributed by atoms with E-state index >= 15 is 0 Å². The summed E-state index contributed by atoms with van der Waals surface area (Å²) in [6.45, 7) is 2.79. The van der Waals surface area contributed by atoms with Gasteiger partial charge in [0.25, 0.3) is 0 Å². The zero-order chi connectivity index (χ0) is 12.8. The molecule has 94 valence electrons. The molecule has 1 aromatic carbocycles. The molecule has 0 saturated heterocycles. The Kier molecular flexibility index (Phi) is 4.02. The van der Waals surface area contributed by atoms with Gasteiger partial charge in [-0.3, -0.25) is 0 Å². The fraction of sp³-hybridized carbons (Fsp3) is 0.214. The van der Waals surface area contributed by atoms with Crippen LogP contribution in [0.5, 0.6) is 11.6 Å². The third kappa shape index (κ3) is 3.13. The highest BCUT2D eigenvalue weighted by atomic mass is 16.5. The highest BCUT2D eigenvalue weighted by molar-refractivity contribution is 5.53. The minimum Gasteiger partial charge on any atom is -0.490 e. The average Bonchev–Trinajstić information content (AvgIpc) is 2.40. The Hall–Kier alpha value is -2.23. The fourth-order valence-corrected chi connectivity index (χ4v) is 1.47. The number of aryl methyl sites for hydroxylation is 1. The number of rotatable bonds is 5. The zero-order valence-corrected chi connectivity index (χ0v) is 10.3. The lowest BCUT2D eigenvalue weighted by atomic mass is 10.2. The van der Waals surface area contributed by atoms with Crippen molar-refractivity contribution in [2.45, 2.75) is 6.92 Å². The number of pyridine rings is 1. The fourth-order valence-electron chi connectivity index (χ4n) is 1.47. The number of nitrogens with two attached hydrogens (primary N) is 1. The molecule has 4 nitrogen and oxygen atoms in total. The van der Waals surface area contributed by atoms with E-state index in [0.717, 1.165) is 11.3 Å². The van der Waals surface area contributed by atoms with E-state index < -0.39 is 0 Å². The molecule has 0 atom stereocenters. The predicted molar refractivity (Wildman–Crippen MR) is 70.8 cm³/mol. The van der Waals surface area contributed by atoms with Gasteiger partial charge in [0, 0.05) is 6.20 Å². The Morgan fingerprint density at radius 3 is 2.56 bits per heavy atom. The van der Waals surface area contributed by atoms with Gasteiger partial charge >= 0.3 is 0 Å². The van der Waals surface area contributed by atoms with E-state index in [4.69, 9.17) is 15.2 Å². The van der Waals surface area contributed by atoms with Crippen LogP contribution in [-0.4, -0.2) is 18.2 Å². The third-order valence-corrected chi connectivity index (χ3v) is 2.51. The van der Waals surface area contributed by atoms with Gasteiger partial charge < -0.3 is 15.2 Å². The zero-order valence-electron chi connectivity index (χ0n) is 10.3. The van der Waals surface area contributed by atoms with E-state index in [1.807, 2.05) is 43.3 Å². The van der Waals surface area contributed by atoms with Crippen molar-refractivity contribution in [3.8, 4) is 11.6 Å². The summed E-state index contributed by atoms with van der Waals surface area (Å²) in [5, 5.41) is 0. The number of hydrogen-bond acceptors (Lipinski definition) is 4. The number of anilines is 1. The first kappa shape index (κ1) is 12.2. The molecule has 0 aliphatic rings. The Morgan fingerprint density at radius 2 is 1.78 bits per heavy atom. The van der Waals surface area contributed by atoms with Gasteiger partial charge in [-0.1, -0.05) is 18.2 Å². The van der Waals surface area contributed by atoms with Crippen molar-refractivity contribution in [2.75, 3.05) is 18.9 Å². The Morgan fingerprint density at radius 1 is 1.06 bits per heavy atom. The number of ether oxygens (including phenoxy) is 2. The van der Waals surface area contributed by atoms with Crippen molar-refractivity contribution in [3.05, 3.63) is 48.2 Å². The third-order valence-electron chi connectivity index (χ3n) is 2.51. The van der Waals surface area contributed by atoms with Crippen LogP contribution in [-0.2, 0) is 0 Å². The first-order valence-electron chi connectivity index (χ1n) is 5.79. The van der Waals surface area contributed by atoms with Crippen LogP contribution in [0.25, 0.3) is 0 Å². The summed E-state index contributed by atoms with van der Waals surface area (Å²) in [6.07, 6.45) is 1.68. The molecule has 2 rings (SSSR count). The second kappa shape index (κ2) is 5.91. The molecule has 2 aromatic rings. The van der Waals surface area contributed by atoms with Gasteiger partial charge in [0.15, 0.2) is 0 Å². The minimum absolute atomic E-state index is 0.412. The first-order valence-corrected chi connectivity index (χ1v) is 5.79. The molecule has 4 heteroatoms. The quantitative estimate of drug-likeness (QED) is 0.821. The van der Waals surface area contributed by atoms with Crippen LogP contribution in [0.4, 0.5) is 5.69 Å². The molecule has 0 bridgehead atoms. The summed E-state index contributed by atoms with van der Waals surface area (Å²) >= 11 is 0. The molecule has 0 spiro atoms. The number of benzene rings is 1. The molecular weight excluding hydrogens is 228 g/mol. The first-order chi connectivity index (χ1) is 8.77. The maximum Gasteiger partial charge on any atom is 0.237 e. The Bertz CT molecular complexity index is 500. The second-order valence-corrected chi connectivity index (χ2v) is 3.86. The summed E-state index contributed by atoms with van der Waals surface area (Å²) in [5.41, 5.74) is 7.39. The van der Waals surface area contributed by atoms with Crippen molar-refractivity contribution in [1.29, 1.82) is 0 Å². The second-order valence-electron chi connectivity index (χ2n) is 3.86. The topological polar surface area (TPSA) is 57.4 Å². The molecule has 18 heavy (non-hydrogen) atoms. The van der Waals surface area contributed by atoms with E-state index in [-0.39, 0.29) is 0 Å². The van der Waals surface area contributed by atoms with E-state index in [9.17, 15) is 0 Å². The number of para-hydroxylation sites is 1. The van der Waals surface area contributed by atoms with Crippen LogP contribution in [0.3, 0.4) is 0 Å². The minimum atomic E-state index is 0.412. The maximum absolute atomic E-state index is 5.85. The van der Waals surface area contributed by atoms with Gasteiger partial charge in [0.2, 0.25) is 5.88 Å². The van der Waals surface area contributed by atoms with Gasteiger partial charge in [-0.15, -0.1) is 0 Å². The summed E-state index contributed by atoms with van der Waals surface area (Å²) in [6, 6.07) is 11.5. The molecule has 1 heterocycles. The lowest BCUT2D eigenvalue weighted by molar-refractivity contribution is 0.213. The molecule has 0 radical (unpaired) electrons. The summed E-state index contributed by atoms with van der Waals surface area (Å²) in [5.74, 6) is 1.29. The average molecular weight is 244 g/mol. The highest BCUT2D eigenvalue weighted by Gasteiger charge is 2.03. The normalized spacial score (nSPS) is 10.1. The van der Waals surface area contributed by atoms with E-state index in [2.05, 4.69) is 4.98 Å². The van der Waals surface area contributed by atoms with Crippen molar-refractivity contribution >= 4 is 5.69 Å². The van der Waals surface area contributed by atoms with Gasteiger partial charge in [0.1, 0.15) is 19.0 Å². The van der Waals surface area contributed by atoms with Crippen LogP contribution in [0.1, 0.15) is 5.56 Å². The standard InChI is InChI=1S/C14H16N2O2/c1-11-7-8-16-14(13(11)15)18-10-9-17-12-5-3-2-4-6-12/h2-8H,9-10,15H2,1H3. The lowest BCUT2D eigenvalue weighted by Gasteiger charge is -2.10. The van der Waals surface area contributed by atoms with Gasteiger partial charge in [0.05, 0.1) is 5.69 Å². The molecule has 0 fully saturated rings. The molecule has 0 unspecified atom stereocenters. The lowest BCUT2D eigenvalue weighted by Crippen LogP contribution is -2.11. The van der Waals surface area contributed by atoms with Crippen LogP contribution in [0.2, 0.25) is 0 Å². The number of nitrogens with zero attached hydrogens (tertiary/aromatic N) is 1. The van der Waals surface area contributed by atoms with Crippen molar-refractivity contribution in [3.63, 3.8) is 0 Å². The van der Waals surface area contributed by atoms with Crippen LogP contribution in [0, 0.1) is 6.92 Å². The van der Waals surface area contributed by atoms with Crippen molar-refractivity contribution in [2.24, 2.45) is 0 Å². The monoisotopic (exact) mass is 244 g/mol. The van der Waals surface area contributed by atoms with Gasteiger partial charge in [-0.05, 0) is 30.7 Å². The van der Waals surface area contributed by atoms with E-state index in [1.54, 1.807) is 6.20 Å². The molecule has 0 aliphatic carbocycles. The molecule has 0 aliphatic heterocycles. The predicted octanol–water partition coefficient (Wildman–Crippen LogP) is 2.43. The van der Waals surface area contributed by atoms with Gasteiger partial charge in [-0.2, -0.15) is 0 Å². The Balaban J connectivity index is 1.81. The molecule has 0 saturated carbocycles. The van der Waals surface area contributed by atoms with Crippen molar-refractivity contribution in [1.82, 2.24) is 4.98 Å². The summed E-state index contributed by atoms with van der Waals surface area (Å²) in [4.78, 5) is 4.08. The van der Waals surface area contributed by atoms with Crippen LogP contribution in [0.15, 0.2) is 42.6 Å². The highest BCUT2D eigenvalue weighted by Crippen LogP contribution is 2.20. The van der Waals surface area contributed by atoms with Crippen molar-refractivity contribution < 1.29 is 9.47 Å². The molecule has 2 N–H and O–H groups in total. The SMILES string of the molecule is Cc1ccnc(OCCOc2ccccc2)c1N.